The summed E-state index contributed by atoms with van der Waals surface area (Å²) in [5.74, 6) is 1.79. The van der Waals surface area contributed by atoms with Crippen LogP contribution in [0.5, 0.6) is 5.75 Å². The summed E-state index contributed by atoms with van der Waals surface area (Å²) < 4.78 is 7.83. The van der Waals surface area contributed by atoms with Gasteiger partial charge < -0.3 is 20.3 Å². The fourth-order valence-corrected chi connectivity index (χ4v) is 4.55. The SMILES string of the molecule is CN1CCN(c2nc(N)n(CCC(Oc3cccc(CN4CCCCC4)c3)C([NH])=S)n2)CC1. The van der Waals surface area contributed by atoms with Crippen molar-refractivity contribution in [2.24, 2.45) is 0 Å². The van der Waals surface area contributed by atoms with E-state index in [-0.39, 0.29) is 4.99 Å². The molecule has 2 aliphatic rings. The number of nitrogens with two attached hydrogens (primary N) is 1. The molecule has 3 heterocycles. The molecule has 0 spiro atoms. The van der Waals surface area contributed by atoms with E-state index in [1.165, 1.54) is 24.8 Å². The molecule has 1 atom stereocenters. The van der Waals surface area contributed by atoms with Gasteiger partial charge in [0, 0.05) is 45.7 Å². The number of nitrogen functional groups attached to an aromatic ring is 1. The van der Waals surface area contributed by atoms with Crippen LogP contribution in [0.4, 0.5) is 11.9 Å². The van der Waals surface area contributed by atoms with Gasteiger partial charge in [-0.1, -0.05) is 30.8 Å². The first-order valence-electron chi connectivity index (χ1n) is 11.8. The number of nitrogens with zero attached hydrogens (tertiary/aromatic N) is 6. The average Bonchev–Trinajstić information content (AvgIpc) is 3.18. The summed E-state index contributed by atoms with van der Waals surface area (Å²) in [5.41, 5.74) is 15.4. The van der Waals surface area contributed by atoms with Gasteiger partial charge in [-0.2, -0.15) is 4.98 Å². The monoisotopic (exact) mass is 471 g/mol. The van der Waals surface area contributed by atoms with Gasteiger partial charge in [0.2, 0.25) is 11.9 Å². The lowest BCUT2D eigenvalue weighted by Gasteiger charge is -2.31. The first-order chi connectivity index (χ1) is 16.0. The molecule has 2 saturated heterocycles. The highest BCUT2D eigenvalue weighted by Gasteiger charge is 2.21. The number of thiocarbonyl (C=S) groups is 1. The van der Waals surface area contributed by atoms with Crippen molar-refractivity contribution in [2.45, 2.75) is 44.9 Å². The molecule has 1 aromatic carbocycles. The second-order valence-corrected chi connectivity index (χ2v) is 9.47. The van der Waals surface area contributed by atoms with Gasteiger partial charge in [-0.15, -0.1) is 5.10 Å². The summed E-state index contributed by atoms with van der Waals surface area (Å²) in [6.45, 7) is 7.45. The Hall–Kier alpha value is -2.43. The lowest BCUT2D eigenvalue weighted by Crippen LogP contribution is -2.45. The van der Waals surface area contributed by atoms with Crippen molar-refractivity contribution in [2.75, 3.05) is 56.9 Å². The number of hydrogen-bond acceptors (Lipinski definition) is 8. The third-order valence-electron chi connectivity index (χ3n) is 6.40. The molecular weight excluding hydrogens is 436 g/mol. The Balaban J connectivity index is 1.35. The predicted octanol–water partition coefficient (Wildman–Crippen LogP) is 2.05. The molecule has 1 aromatic heterocycles. The first-order valence-corrected chi connectivity index (χ1v) is 12.3. The largest absolute Gasteiger partial charge is 0.483 e. The number of anilines is 2. The Morgan fingerprint density at radius 1 is 1.15 bits per heavy atom. The molecule has 1 radical (unpaired) electrons. The molecule has 2 aromatic rings. The van der Waals surface area contributed by atoms with E-state index >= 15 is 0 Å². The topological polar surface area (TPSA) is 99.5 Å². The number of aromatic nitrogens is 3. The third kappa shape index (κ3) is 6.55. The molecule has 0 saturated carbocycles. The Bertz CT molecular complexity index is 921. The van der Waals surface area contributed by atoms with E-state index in [0.29, 0.717) is 24.9 Å². The number of nitrogens with one attached hydrogen (secondary N) is 1. The van der Waals surface area contributed by atoms with E-state index in [4.69, 9.17) is 28.4 Å². The number of piperidine rings is 1. The second kappa shape index (κ2) is 11.1. The number of benzene rings is 1. The van der Waals surface area contributed by atoms with Crippen LogP contribution in [-0.2, 0) is 13.1 Å². The predicted molar refractivity (Wildman–Crippen MR) is 134 cm³/mol. The van der Waals surface area contributed by atoms with E-state index in [9.17, 15) is 0 Å². The van der Waals surface area contributed by atoms with Crippen molar-refractivity contribution in [3.05, 3.63) is 29.8 Å². The van der Waals surface area contributed by atoms with Crippen LogP contribution in [0.25, 0.3) is 0 Å². The van der Waals surface area contributed by atoms with E-state index in [1.54, 1.807) is 4.68 Å². The van der Waals surface area contributed by atoms with E-state index < -0.39 is 6.10 Å². The lowest BCUT2D eigenvalue weighted by atomic mass is 10.1. The number of piperazine rings is 1. The van der Waals surface area contributed by atoms with Crippen LogP contribution < -0.4 is 21.1 Å². The smallest absolute Gasteiger partial charge is 0.246 e. The molecule has 2 aliphatic heterocycles. The van der Waals surface area contributed by atoms with Crippen molar-refractivity contribution in [1.82, 2.24) is 30.3 Å². The summed E-state index contributed by atoms with van der Waals surface area (Å²) in [4.78, 5) is 11.5. The fraction of sp³-hybridized carbons (Fsp3) is 0.609. The third-order valence-corrected chi connectivity index (χ3v) is 6.67. The van der Waals surface area contributed by atoms with Gasteiger partial charge in [-0.25, -0.2) is 4.68 Å². The zero-order valence-electron chi connectivity index (χ0n) is 19.4. The van der Waals surface area contributed by atoms with Crippen LogP contribution >= 0.6 is 12.2 Å². The molecule has 4 rings (SSSR count). The molecule has 3 N–H and O–H groups in total. The average molecular weight is 472 g/mol. The Kier molecular flexibility index (Phi) is 8.00. The summed E-state index contributed by atoms with van der Waals surface area (Å²) in [6.07, 6.45) is 3.87. The fourth-order valence-electron chi connectivity index (χ4n) is 4.39. The number of hydrogen-bond donors (Lipinski definition) is 1. The summed E-state index contributed by atoms with van der Waals surface area (Å²) in [5, 5.41) is 4.60. The van der Waals surface area contributed by atoms with Crippen LogP contribution in [0.1, 0.15) is 31.2 Å². The Morgan fingerprint density at radius 2 is 1.91 bits per heavy atom. The van der Waals surface area contributed by atoms with Gasteiger partial charge in [-0.3, -0.25) is 10.6 Å². The van der Waals surface area contributed by atoms with Crippen LogP contribution in [0.2, 0.25) is 0 Å². The minimum Gasteiger partial charge on any atom is -0.483 e. The van der Waals surface area contributed by atoms with Gasteiger partial charge in [0.15, 0.2) is 6.10 Å². The second-order valence-electron chi connectivity index (χ2n) is 9.03. The number of ether oxygens (including phenoxy) is 1. The Labute approximate surface area is 201 Å². The van der Waals surface area contributed by atoms with Gasteiger partial charge in [-0.05, 0) is 50.7 Å². The highest BCUT2D eigenvalue weighted by Crippen LogP contribution is 2.20. The molecule has 179 valence electrons. The summed E-state index contributed by atoms with van der Waals surface area (Å²) in [6, 6.07) is 8.14. The highest BCUT2D eigenvalue weighted by molar-refractivity contribution is 7.80. The number of likely N-dealkylation sites (tertiary alicyclic amines) is 1. The molecule has 10 heteroatoms. The molecule has 0 aliphatic carbocycles. The molecular formula is C23H35N8OS. The molecule has 1 unspecified atom stereocenters. The zero-order valence-corrected chi connectivity index (χ0v) is 20.3. The number of likely N-dealkylation sites (N-methyl/N-ethyl adjacent to an activating group) is 1. The molecule has 9 nitrogen and oxygen atoms in total. The first kappa shape index (κ1) is 23.7. The summed E-state index contributed by atoms with van der Waals surface area (Å²) >= 11 is 5.19. The van der Waals surface area contributed by atoms with Crippen LogP contribution in [-0.4, -0.2) is 82.0 Å². The summed E-state index contributed by atoms with van der Waals surface area (Å²) in [7, 11) is 2.12. The maximum Gasteiger partial charge on any atom is 0.246 e. The van der Waals surface area contributed by atoms with Gasteiger partial charge in [0.25, 0.3) is 0 Å². The number of rotatable bonds is 9. The highest BCUT2D eigenvalue weighted by atomic mass is 32.1. The van der Waals surface area contributed by atoms with Gasteiger partial charge in [0.05, 0.1) is 0 Å². The molecule has 2 fully saturated rings. The quantitative estimate of drug-likeness (QED) is 0.555. The van der Waals surface area contributed by atoms with Crippen molar-refractivity contribution >= 4 is 29.1 Å². The maximum atomic E-state index is 8.06. The van der Waals surface area contributed by atoms with Crippen molar-refractivity contribution in [1.29, 1.82) is 0 Å². The normalized spacial score (nSPS) is 18.9. The molecule has 0 amide bonds. The van der Waals surface area contributed by atoms with E-state index in [1.807, 2.05) is 12.1 Å². The van der Waals surface area contributed by atoms with Gasteiger partial charge >= 0.3 is 0 Å². The van der Waals surface area contributed by atoms with Crippen molar-refractivity contribution in [3.63, 3.8) is 0 Å². The van der Waals surface area contributed by atoms with Crippen LogP contribution in [0, 0.1) is 0 Å². The maximum absolute atomic E-state index is 8.06. The minimum atomic E-state index is -0.513. The molecule has 33 heavy (non-hydrogen) atoms. The van der Waals surface area contributed by atoms with Crippen LogP contribution in [0.15, 0.2) is 24.3 Å². The number of aryl methyl sites for hydroxylation is 1. The minimum absolute atomic E-state index is 0.0782. The van der Waals surface area contributed by atoms with E-state index in [2.05, 4.69) is 44.0 Å². The Morgan fingerprint density at radius 3 is 2.64 bits per heavy atom. The van der Waals surface area contributed by atoms with Crippen molar-refractivity contribution in [3.8, 4) is 5.75 Å². The lowest BCUT2D eigenvalue weighted by molar-refractivity contribution is 0.219. The standard InChI is InChI=1S/C23H35N8OS/c1-28-12-14-30(15-13-28)23-26-22(25)31(27-23)11-8-20(21(24)33)32-19-7-5-6-18(16-19)17-29-9-3-2-4-10-29/h5-7,16,20,24H,2-4,8-15,17H2,1H3,(H2,25,26,27). The zero-order chi connectivity index (χ0) is 23.2. The van der Waals surface area contributed by atoms with Crippen LogP contribution in [0.3, 0.4) is 0 Å². The van der Waals surface area contributed by atoms with Gasteiger partial charge in [0.1, 0.15) is 10.7 Å². The van der Waals surface area contributed by atoms with Crippen molar-refractivity contribution < 1.29 is 4.74 Å². The van der Waals surface area contributed by atoms with E-state index in [0.717, 1.165) is 51.6 Å². The molecule has 0 bridgehead atoms.